The smallest absolute Gasteiger partial charge is 0.376 e. The molecule has 0 spiro atoms. The van der Waals surface area contributed by atoms with Gasteiger partial charge in [-0.25, -0.2) is 0 Å². The monoisotopic (exact) mass is 345 g/mol. The number of rotatable bonds is 6. The van der Waals surface area contributed by atoms with Gasteiger partial charge in [0.05, 0.1) is 24.3 Å². The summed E-state index contributed by atoms with van der Waals surface area (Å²) in [6.45, 7) is 4.44. The van der Waals surface area contributed by atoms with E-state index >= 15 is 0 Å². The average Bonchev–Trinajstić information content (AvgIpc) is 3.05. The summed E-state index contributed by atoms with van der Waals surface area (Å²) in [4.78, 5) is 12.1. The summed E-state index contributed by atoms with van der Waals surface area (Å²) in [7, 11) is 0. The Morgan fingerprint density at radius 1 is 1.33 bits per heavy atom. The van der Waals surface area contributed by atoms with Crippen molar-refractivity contribution in [3.05, 3.63) is 35.4 Å². The van der Waals surface area contributed by atoms with Gasteiger partial charge in [-0.05, 0) is 44.4 Å². The van der Waals surface area contributed by atoms with Crippen LogP contribution in [-0.2, 0) is 20.4 Å². The third-order valence-corrected chi connectivity index (χ3v) is 4.02. The van der Waals surface area contributed by atoms with E-state index in [2.05, 4.69) is 5.32 Å². The average molecular weight is 345 g/mol. The van der Waals surface area contributed by atoms with E-state index in [9.17, 15) is 18.0 Å². The maximum absolute atomic E-state index is 12.6. The van der Waals surface area contributed by atoms with Crippen LogP contribution in [0.2, 0.25) is 0 Å². The Balaban J connectivity index is 1.83. The molecule has 4 nitrogen and oxygen atoms in total. The highest BCUT2D eigenvalue weighted by molar-refractivity contribution is 5.80. The lowest BCUT2D eigenvalue weighted by molar-refractivity contribution is -0.137. The number of amides is 1. The highest BCUT2D eigenvalue weighted by Gasteiger charge is 2.30. The minimum Gasteiger partial charge on any atom is -0.376 e. The number of halogens is 3. The first-order valence-electron chi connectivity index (χ1n) is 7.98. The molecule has 7 heteroatoms. The highest BCUT2D eigenvalue weighted by Crippen LogP contribution is 2.29. The molecule has 0 saturated carbocycles. The molecule has 1 N–H and O–H groups in total. The van der Waals surface area contributed by atoms with Crippen LogP contribution in [0.1, 0.15) is 43.9 Å². The Morgan fingerprint density at radius 3 is 2.54 bits per heavy atom. The van der Waals surface area contributed by atoms with Gasteiger partial charge in [-0.15, -0.1) is 0 Å². The first kappa shape index (κ1) is 18.7. The van der Waals surface area contributed by atoms with Gasteiger partial charge in [-0.2, -0.15) is 13.2 Å². The van der Waals surface area contributed by atoms with Gasteiger partial charge in [0, 0.05) is 6.61 Å². The van der Waals surface area contributed by atoms with Crippen LogP contribution in [0.3, 0.4) is 0 Å². The predicted molar refractivity (Wildman–Crippen MR) is 82.4 cm³/mol. The van der Waals surface area contributed by atoms with Gasteiger partial charge in [-0.3, -0.25) is 4.79 Å². The zero-order chi connectivity index (χ0) is 17.7. The lowest BCUT2D eigenvalue weighted by atomic mass is 10.1. The minimum atomic E-state index is -4.37. The maximum Gasteiger partial charge on any atom is 0.416 e. The van der Waals surface area contributed by atoms with Crippen LogP contribution in [0.25, 0.3) is 0 Å². The first-order chi connectivity index (χ1) is 11.3. The van der Waals surface area contributed by atoms with E-state index in [-0.39, 0.29) is 12.0 Å². The molecule has 134 valence electrons. The van der Waals surface area contributed by atoms with Gasteiger partial charge in [0.2, 0.25) is 5.91 Å². The molecule has 1 aliphatic rings. The van der Waals surface area contributed by atoms with Crippen LogP contribution in [0.5, 0.6) is 0 Å². The molecule has 1 aromatic carbocycles. The second-order valence-corrected chi connectivity index (χ2v) is 5.96. The summed E-state index contributed by atoms with van der Waals surface area (Å²) in [5.74, 6) is -0.305. The molecule has 1 heterocycles. The Hall–Kier alpha value is -1.60. The molecule has 1 amide bonds. The van der Waals surface area contributed by atoms with Crippen molar-refractivity contribution in [3.8, 4) is 0 Å². The van der Waals surface area contributed by atoms with Crippen molar-refractivity contribution in [3.63, 3.8) is 0 Å². The summed E-state index contributed by atoms with van der Waals surface area (Å²) in [5.41, 5.74) is -0.110. The standard InChI is InChI=1S/C17H22F3NO3/c1-11(13-5-7-14(8-6-13)17(18,19)20)21-16(22)12(2)24-10-15-4-3-9-23-15/h5-8,11-12,15H,3-4,9-10H2,1-2H3,(H,21,22)/t11-,12+,15+/m1/s1. The molecular formula is C17H22F3NO3. The molecule has 1 aromatic rings. The van der Waals surface area contributed by atoms with Gasteiger partial charge in [0.1, 0.15) is 6.10 Å². The van der Waals surface area contributed by atoms with Crippen LogP contribution in [0, 0.1) is 0 Å². The molecule has 0 bridgehead atoms. The van der Waals surface area contributed by atoms with Crippen LogP contribution in [0.4, 0.5) is 13.2 Å². The van der Waals surface area contributed by atoms with E-state index < -0.39 is 23.9 Å². The zero-order valence-electron chi connectivity index (χ0n) is 13.7. The molecule has 0 unspecified atom stereocenters. The summed E-state index contributed by atoms with van der Waals surface area (Å²) < 4.78 is 48.6. The second-order valence-electron chi connectivity index (χ2n) is 5.96. The molecule has 1 saturated heterocycles. The molecule has 1 fully saturated rings. The molecule has 1 aliphatic heterocycles. The Bertz CT molecular complexity index is 539. The number of carbonyl (C=O) groups is 1. The topological polar surface area (TPSA) is 47.6 Å². The van der Waals surface area contributed by atoms with Crippen LogP contribution >= 0.6 is 0 Å². The fourth-order valence-corrected chi connectivity index (χ4v) is 2.48. The van der Waals surface area contributed by atoms with Gasteiger partial charge in [0.25, 0.3) is 0 Å². The lowest BCUT2D eigenvalue weighted by Gasteiger charge is -2.20. The molecule has 3 atom stereocenters. The van der Waals surface area contributed by atoms with E-state index in [1.807, 2.05) is 0 Å². The quantitative estimate of drug-likeness (QED) is 0.859. The Labute approximate surface area is 139 Å². The van der Waals surface area contributed by atoms with E-state index in [1.54, 1.807) is 13.8 Å². The Kier molecular flexibility index (Phi) is 6.23. The van der Waals surface area contributed by atoms with Crippen LogP contribution < -0.4 is 5.32 Å². The number of hydrogen-bond donors (Lipinski definition) is 1. The van der Waals surface area contributed by atoms with E-state index in [1.165, 1.54) is 12.1 Å². The number of benzene rings is 1. The van der Waals surface area contributed by atoms with Crippen molar-refractivity contribution in [2.45, 2.75) is 51.1 Å². The van der Waals surface area contributed by atoms with Crippen molar-refractivity contribution in [1.82, 2.24) is 5.32 Å². The van der Waals surface area contributed by atoms with Gasteiger partial charge in [0.15, 0.2) is 0 Å². The summed E-state index contributed by atoms with van der Waals surface area (Å²) in [6, 6.07) is 4.34. The maximum atomic E-state index is 12.6. The molecule has 0 aliphatic carbocycles. The van der Waals surface area contributed by atoms with Crippen molar-refractivity contribution in [2.24, 2.45) is 0 Å². The minimum absolute atomic E-state index is 0.0348. The summed E-state index contributed by atoms with van der Waals surface area (Å²) in [6.07, 6.45) is -3.05. The number of alkyl halides is 3. The number of carbonyl (C=O) groups excluding carboxylic acids is 1. The zero-order valence-corrected chi connectivity index (χ0v) is 13.7. The third kappa shape index (κ3) is 5.21. The fraction of sp³-hybridized carbons (Fsp3) is 0.588. The number of ether oxygens (including phenoxy) is 2. The first-order valence-corrected chi connectivity index (χ1v) is 7.98. The third-order valence-electron chi connectivity index (χ3n) is 4.02. The molecule has 0 radical (unpaired) electrons. The molecule has 2 rings (SSSR count). The normalized spacial score (nSPS) is 20.6. The van der Waals surface area contributed by atoms with Crippen LogP contribution in [-0.4, -0.2) is 31.3 Å². The lowest BCUT2D eigenvalue weighted by Crippen LogP contribution is -2.37. The highest BCUT2D eigenvalue weighted by atomic mass is 19.4. The Morgan fingerprint density at radius 2 is 2.00 bits per heavy atom. The van der Waals surface area contributed by atoms with E-state index in [4.69, 9.17) is 9.47 Å². The largest absolute Gasteiger partial charge is 0.416 e. The molecular weight excluding hydrogens is 323 g/mol. The number of nitrogens with one attached hydrogen (secondary N) is 1. The van der Waals surface area contributed by atoms with Crippen molar-refractivity contribution in [1.29, 1.82) is 0 Å². The second kappa shape index (κ2) is 7.98. The van der Waals surface area contributed by atoms with Crippen molar-refractivity contribution >= 4 is 5.91 Å². The molecule has 0 aromatic heterocycles. The van der Waals surface area contributed by atoms with E-state index in [0.29, 0.717) is 12.2 Å². The number of hydrogen-bond acceptors (Lipinski definition) is 3. The summed E-state index contributed by atoms with van der Waals surface area (Å²) >= 11 is 0. The predicted octanol–water partition coefficient (Wildman–Crippen LogP) is 3.47. The van der Waals surface area contributed by atoms with Crippen molar-refractivity contribution < 1.29 is 27.4 Å². The SMILES string of the molecule is C[C@H](OC[C@@H]1CCCO1)C(=O)N[C@H](C)c1ccc(C(F)(F)F)cc1. The van der Waals surface area contributed by atoms with Gasteiger partial charge >= 0.3 is 6.18 Å². The van der Waals surface area contributed by atoms with Crippen LogP contribution in [0.15, 0.2) is 24.3 Å². The van der Waals surface area contributed by atoms with Gasteiger partial charge in [-0.1, -0.05) is 12.1 Å². The summed E-state index contributed by atoms with van der Waals surface area (Å²) in [5, 5.41) is 2.74. The van der Waals surface area contributed by atoms with Gasteiger partial charge < -0.3 is 14.8 Å². The van der Waals surface area contributed by atoms with Crippen molar-refractivity contribution in [2.75, 3.05) is 13.2 Å². The van der Waals surface area contributed by atoms with E-state index in [0.717, 1.165) is 31.6 Å². The molecule has 24 heavy (non-hydrogen) atoms. The fourth-order valence-electron chi connectivity index (χ4n) is 2.48.